The molecule has 0 fully saturated rings. The molecule has 0 aliphatic heterocycles. The summed E-state index contributed by atoms with van der Waals surface area (Å²) >= 11 is 0. The maximum atomic E-state index is 5.88. The molecule has 6 nitrogen and oxygen atoms in total. The van der Waals surface area contributed by atoms with Gasteiger partial charge < -0.3 is 11.1 Å². The molecule has 2 heterocycles. The van der Waals surface area contributed by atoms with E-state index in [1.807, 2.05) is 31.3 Å². The number of benzene rings is 1. The molecule has 0 radical (unpaired) electrons. The Morgan fingerprint density at radius 3 is 2.89 bits per heavy atom. The van der Waals surface area contributed by atoms with Crippen LogP contribution in [0.4, 0.5) is 11.8 Å². The third-order valence-corrected chi connectivity index (χ3v) is 2.99. The Balaban J connectivity index is 1.80. The molecule has 3 N–H and O–H groups in total. The molecule has 2 aromatic heterocycles. The van der Waals surface area contributed by atoms with Crippen molar-refractivity contribution in [3.63, 3.8) is 0 Å². The molecule has 96 valence electrons. The third kappa shape index (κ3) is 2.20. The number of hydrogen-bond acceptors (Lipinski definition) is 5. The molecule has 1 aromatic carbocycles. The lowest BCUT2D eigenvalue weighted by molar-refractivity contribution is 0.778. The Hall–Kier alpha value is -2.63. The number of anilines is 2. The zero-order chi connectivity index (χ0) is 13.2. The average molecular weight is 254 g/mol. The first-order chi connectivity index (χ1) is 9.24. The molecule has 0 aliphatic rings. The smallest absolute Gasteiger partial charge is 0.223 e. The minimum atomic E-state index is 0.554. The fraction of sp³-hybridized carbons (Fsp3) is 0.154. The monoisotopic (exact) mass is 254 g/mol. The molecule has 3 rings (SSSR count). The van der Waals surface area contributed by atoms with E-state index < -0.39 is 0 Å². The zero-order valence-corrected chi connectivity index (χ0v) is 10.5. The highest BCUT2D eigenvalue weighted by Crippen LogP contribution is 2.14. The van der Waals surface area contributed by atoms with Crippen molar-refractivity contribution < 1.29 is 0 Å². The predicted octanol–water partition coefficient (Wildman–Crippen LogP) is 1.56. The van der Waals surface area contributed by atoms with Gasteiger partial charge in [0, 0.05) is 30.7 Å². The van der Waals surface area contributed by atoms with Gasteiger partial charge in [0.2, 0.25) is 5.95 Å². The van der Waals surface area contributed by atoms with E-state index in [0.717, 1.165) is 16.5 Å². The van der Waals surface area contributed by atoms with Gasteiger partial charge in [-0.05, 0) is 6.07 Å². The standard InChI is InChI=1S/C13H14N6/c1-19-12(14)10(8-17-19)7-16-13-15-6-9-4-2-3-5-11(9)18-13/h2-6,8H,7,14H2,1H3,(H,15,16,18). The van der Waals surface area contributed by atoms with E-state index in [2.05, 4.69) is 20.4 Å². The van der Waals surface area contributed by atoms with Crippen molar-refractivity contribution in [1.29, 1.82) is 0 Å². The molecule has 0 aliphatic carbocycles. The summed E-state index contributed by atoms with van der Waals surface area (Å²) in [5, 5.41) is 8.26. The maximum absolute atomic E-state index is 5.88. The van der Waals surface area contributed by atoms with Crippen LogP contribution >= 0.6 is 0 Å². The highest BCUT2D eigenvalue weighted by atomic mass is 15.3. The zero-order valence-electron chi connectivity index (χ0n) is 10.5. The summed E-state index contributed by atoms with van der Waals surface area (Å²) < 4.78 is 1.64. The van der Waals surface area contributed by atoms with Crippen molar-refractivity contribution in [2.24, 2.45) is 7.05 Å². The molecule has 19 heavy (non-hydrogen) atoms. The van der Waals surface area contributed by atoms with E-state index in [1.54, 1.807) is 17.1 Å². The fourth-order valence-corrected chi connectivity index (χ4v) is 1.86. The molecule has 0 spiro atoms. The molecule has 3 aromatic rings. The summed E-state index contributed by atoms with van der Waals surface area (Å²) in [6.45, 7) is 0.554. The number of hydrogen-bond donors (Lipinski definition) is 2. The predicted molar refractivity (Wildman–Crippen MR) is 74.5 cm³/mol. The van der Waals surface area contributed by atoms with Crippen LogP contribution in [0.25, 0.3) is 10.9 Å². The summed E-state index contributed by atoms with van der Waals surface area (Å²) in [5.41, 5.74) is 7.72. The van der Waals surface area contributed by atoms with E-state index in [-0.39, 0.29) is 0 Å². The second kappa shape index (κ2) is 4.56. The van der Waals surface area contributed by atoms with Crippen LogP contribution in [-0.2, 0) is 13.6 Å². The van der Waals surface area contributed by atoms with Gasteiger partial charge in [0.15, 0.2) is 0 Å². The summed E-state index contributed by atoms with van der Waals surface area (Å²) in [5.74, 6) is 1.23. The van der Waals surface area contributed by atoms with E-state index in [0.29, 0.717) is 18.3 Å². The van der Waals surface area contributed by atoms with Crippen LogP contribution in [0.3, 0.4) is 0 Å². The molecular weight excluding hydrogens is 240 g/mol. The first-order valence-corrected chi connectivity index (χ1v) is 5.96. The van der Waals surface area contributed by atoms with E-state index in [1.165, 1.54) is 0 Å². The highest BCUT2D eigenvalue weighted by Gasteiger charge is 2.05. The van der Waals surface area contributed by atoms with Gasteiger partial charge in [0.1, 0.15) is 5.82 Å². The quantitative estimate of drug-likeness (QED) is 0.741. The number of nitrogens with zero attached hydrogens (tertiary/aromatic N) is 4. The summed E-state index contributed by atoms with van der Waals surface area (Å²) in [6, 6.07) is 7.87. The molecule has 0 saturated carbocycles. The van der Waals surface area contributed by atoms with Crippen molar-refractivity contribution in [3.05, 3.63) is 42.2 Å². The fourth-order valence-electron chi connectivity index (χ4n) is 1.86. The number of nitrogens with two attached hydrogens (primary N) is 1. The number of para-hydroxylation sites is 1. The topological polar surface area (TPSA) is 81.7 Å². The van der Waals surface area contributed by atoms with Gasteiger partial charge in [-0.1, -0.05) is 18.2 Å². The molecule has 0 bridgehead atoms. The second-order valence-corrected chi connectivity index (χ2v) is 4.28. The third-order valence-electron chi connectivity index (χ3n) is 2.99. The Labute approximate surface area is 110 Å². The summed E-state index contributed by atoms with van der Waals surface area (Å²) in [7, 11) is 1.81. The van der Waals surface area contributed by atoms with Gasteiger partial charge in [0.05, 0.1) is 11.7 Å². The van der Waals surface area contributed by atoms with Gasteiger partial charge in [0.25, 0.3) is 0 Å². The van der Waals surface area contributed by atoms with Crippen LogP contribution < -0.4 is 11.1 Å². The van der Waals surface area contributed by atoms with Gasteiger partial charge in [-0.2, -0.15) is 5.10 Å². The maximum Gasteiger partial charge on any atom is 0.223 e. The van der Waals surface area contributed by atoms with E-state index >= 15 is 0 Å². The van der Waals surface area contributed by atoms with Crippen molar-refractivity contribution in [2.45, 2.75) is 6.54 Å². The number of nitrogens with one attached hydrogen (secondary N) is 1. The molecule has 0 unspecified atom stereocenters. The number of fused-ring (bicyclic) bond motifs is 1. The van der Waals surface area contributed by atoms with Gasteiger partial charge >= 0.3 is 0 Å². The first kappa shape index (κ1) is 11.5. The Bertz CT molecular complexity index is 718. The van der Waals surface area contributed by atoms with Gasteiger partial charge in [-0.3, -0.25) is 4.68 Å². The Kier molecular flexibility index (Phi) is 2.75. The summed E-state index contributed by atoms with van der Waals surface area (Å²) in [6.07, 6.45) is 3.54. The van der Waals surface area contributed by atoms with Gasteiger partial charge in [-0.25, -0.2) is 9.97 Å². The normalized spacial score (nSPS) is 10.8. The largest absolute Gasteiger partial charge is 0.384 e. The van der Waals surface area contributed by atoms with Crippen LogP contribution in [0.5, 0.6) is 0 Å². The minimum absolute atomic E-state index is 0.554. The first-order valence-electron chi connectivity index (χ1n) is 5.96. The minimum Gasteiger partial charge on any atom is -0.384 e. The molecule has 0 atom stereocenters. The van der Waals surface area contributed by atoms with E-state index in [9.17, 15) is 0 Å². The van der Waals surface area contributed by atoms with Crippen LogP contribution in [-0.4, -0.2) is 19.7 Å². The second-order valence-electron chi connectivity index (χ2n) is 4.28. The molecule has 0 amide bonds. The molecule has 0 saturated heterocycles. The van der Waals surface area contributed by atoms with Gasteiger partial charge in [-0.15, -0.1) is 0 Å². The van der Waals surface area contributed by atoms with Crippen LogP contribution in [0.1, 0.15) is 5.56 Å². The average Bonchev–Trinajstić information content (AvgIpc) is 2.76. The van der Waals surface area contributed by atoms with Crippen LogP contribution in [0, 0.1) is 0 Å². The highest BCUT2D eigenvalue weighted by molar-refractivity contribution is 5.78. The SMILES string of the molecule is Cn1ncc(CNc2ncc3ccccc3n2)c1N. The van der Waals surface area contributed by atoms with Crippen LogP contribution in [0.2, 0.25) is 0 Å². The van der Waals surface area contributed by atoms with Crippen molar-refractivity contribution in [2.75, 3.05) is 11.1 Å². The van der Waals surface area contributed by atoms with E-state index in [4.69, 9.17) is 5.73 Å². The number of aromatic nitrogens is 4. The number of aryl methyl sites for hydroxylation is 1. The van der Waals surface area contributed by atoms with Crippen LogP contribution in [0.15, 0.2) is 36.7 Å². The Morgan fingerprint density at radius 1 is 1.26 bits per heavy atom. The van der Waals surface area contributed by atoms with Crippen molar-refractivity contribution in [3.8, 4) is 0 Å². The molecular formula is C13H14N6. The van der Waals surface area contributed by atoms with Crippen molar-refractivity contribution >= 4 is 22.7 Å². The number of nitrogen functional groups attached to an aromatic ring is 1. The lowest BCUT2D eigenvalue weighted by Gasteiger charge is -2.05. The number of rotatable bonds is 3. The Morgan fingerprint density at radius 2 is 2.11 bits per heavy atom. The molecule has 6 heteroatoms. The van der Waals surface area contributed by atoms with Crippen molar-refractivity contribution in [1.82, 2.24) is 19.7 Å². The lowest BCUT2D eigenvalue weighted by Crippen LogP contribution is -2.06. The lowest BCUT2D eigenvalue weighted by atomic mass is 10.2. The summed E-state index contributed by atoms with van der Waals surface area (Å²) in [4.78, 5) is 8.70.